The lowest BCUT2D eigenvalue weighted by atomic mass is 10.1. The Hall–Kier alpha value is -2.97. The SMILES string of the molecule is COc1ccc(/C=C(/C(C)=O)C(=O)Nc2ccc(S(N)(=O)=O)cc2)cc1. The number of hydrogen-bond acceptors (Lipinski definition) is 5. The van der Waals surface area contributed by atoms with Crippen LogP contribution in [0.4, 0.5) is 5.69 Å². The van der Waals surface area contributed by atoms with Crippen molar-refractivity contribution in [3.05, 3.63) is 59.7 Å². The van der Waals surface area contributed by atoms with Gasteiger partial charge in [0.05, 0.1) is 17.6 Å². The van der Waals surface area contributed by atoms with Gasteiger partial charge in [0.15, 0.2) is 5.78 Å². The molecular formula is C18H18N2O5S. The minimum Gasteiger partial charge on any atom is -0.497 e. The smallest absolute Gasteiger partial charge is 0.259 e. The number of ether oxygens (including phenoxy) is 1. The number of anilines is 1. The highest BCUT2D eigenvalue weighted by Gasteiger charge is 2.15. The van der Waals surface area contributed by atoms with Crippen molar-refractivity contribution < 1.29 is 22.7 Å². The van der Waals surface area contributed by atoms with E-state index in [1.54, 1.807) is 31.4 Å². The summed E-state index contributed by atoms with van der Waals surface area (Å²) >= 11 is 0. The fourth-order valence-electron chi connectivity index (χ4n) is 2.12. The van der Waals surface area contributed by atoms with Crippen LogP contribution < -0.4 is 15.2 Å². The zero-order valence-corrected chi connectivity index (χ0v) is 15.0. The Kier molecular flexibility index (Phi) is 5.91. The van der Waals surface area contributed by atoms with Crippen LogP contribution in [0.3, 0.4) is 0 Å². The molecule has 0 spiro atoms. The van der Waals surface area contributed by atoms with Gasteiger partial charge in [-0.1, -0.05) is 12.1 Å². The van der Waals surface area contributed by atoms with Crippen molar-refractivity contribution in [1.82, 2.24) is 0 Å². The second kappa shape index (κ2) is 7.94. The van der Waals surface area contributed by atoms with E-state index in [0.717, 1.165) is 0 Å². The zero-order valence-electron chi connectivity index (χ0n) is 14.2. The summed E-state index contributed by atoms with van der Waals surface area (Å²) in [6, 6.07) is 12.2. The van der Waals surface area contributed by atoms with Gasteiger partial charge in [0, 0.05) is 5.69 Å². The largest absolute Gasteiger partial charge is 0.497 e. The van der Waals surface area contributed by atoms with Crippen molar-refractivity contribution in [2.45, 2.75) is 11.8 Å². The Bertz CT molecular complexity index is 946. The summed E-state index contributed by atoms with van der Waals surface area (Å²) in [7, 11) is -2.27. The van der Waals surface area contributed by atoms with E-state index in [1.165, 1.54) is 37.3 Å². The third-order valence-electron chi connectivity index (χ3n) is 3.49. The summed E-state index contributed by atoms with van der Waals surface area (Å²) in [6.45, 7) is 1.29. The summed E-state index contributed by atoms with van der Waals surface area (Å²) in [6.07, 6.45) is 1.47. The number of ketones is 1. The minimum absolute atomic E-state index is 0.0364. The van der Waals surface area contributed by atoms with E-state index in [4.69, 9.17) is 9.88 Å². The Labute approximate surface area is 151 Å². The number of carbonyl (C=O) groups is 2. The normalized spacial score (nSPS) is 11.7. The molecule has 0 aliphatic carbocycles. The molecular weight excluding hydrogens is 356 g/mol. The maximum Gasteiger partial charge on any atom is 0.259 e. The molecule has 7 nitrogen and oxygen atoms in total. The van der Waals surface area contributed by atoms with Crippen LogP contribution >= 0.6 is 0 Å². The van der Waals surface area contributed by atoms with E-state index in [9.17, 15) is 18.0 Å². The van der Waals surface area contributed by atoms with E-state index in [-0.39, 0.29) is 10.5 Å². The molecule has 0 saturated heterocycles. The van der Waals surface area contributed by atoms with Crippen molar-refractivity contribution in [1.29, 1.82) is 0 Å². The first-order valence-electron chi connectivity index (χ1n) is 7.51. The summed E-state index contributed by atoms with van der Waals surface area (Å²) < 4.78 is 27.5. The Morgan fingerprint density at radius 1 is 1.04 bits per heavy atom. The van der Waals surface area contributed by atoms with Crippen LogP contribution in [-0.2, 0) is 19.6 Å². The van der Waals surface area contributed by atoms with Crippen molar-refractivity contribution >= 4 is 33.5 Å². The lowest BCUT2D eigenvalue weighted by molar-refractivity contribution is -0.118. The summed E-state index contributed by atoms with van der Waals surface area (Å²) in [4.78, 5) is 24.2. The van der Waals surface area contributed by atoms with Gasteiger partial charge in [0.25, 0.3) is 5.91 Å². The van der Waals surface area contributed by atoms with Gasteiger partial charge in [-0.05, 0) is 55.0 Å². The Morgan fingerprint density at radius 3 is 2.08 bits per heavy atom. The average molecular weight is 374 g/mol. The highest BCUT2D eigenvalue weighted by Crippen LogP contribution is 2.17. The summed E-state index contributed by atoms with van der Waals surface area (Å²) in [5.74, 6) is -0.345. The van der Waals surface area contributed by atoms with Gasteiger partial charge in [0.2, 0.25) is 10.0 Å². The molecule has 2 aromatic rings. The van der Waals surface area contributed by atoms with Gasteiger partial charge < -0.3 is 10.1 Å². The topological polar surface area (TPSA) is 116 Å². The maximum atomic E-state index is 12.4. The molecule has 0 atom stereocenters. The monoisotopic (exact) mass is 374 g/mol. The van der Waals surface area contributed by atoms with Crippen LogP contribution in [0.2, 0.25) is 0 Å². The standard InChI is InChI=1S/C18H18N2O5S/c1-12(21)17(11-13-3-7-15(25-2)8-4-13)18(22)20-14-5-9-16(10-6-14)26(19,23)24/h3-11H,1-2H3,(H,20,22)(H2,19,23,24)/b17-11-. The van der Waals surface area contributed by atoms with Crippen molar-refractivity contribution in [2.75, 3.05) is 12.4 Å². The highest BCUT2D eigenvalue weighted by atomic mass is 32.2. The van der Waals surface area contributed by atoms with Crippen LogP contribution in [0.25, 0.3) is 6.08 Å². The molecule has 26 heavy (non-hydrogen) atoms. The van der Waals surface area contributed by atoms with Crippen molar-refractivity contribution in [3.8, 4) is 5.75 Å². The number of nitrogens with one attached hydrogen (secondary N) is 1. The minimum atomic E-state index is -3.81. The van der Waals surface area contributed by atoms with Gasteiger partial charge in [0.1, 0.15) is 5.75 Å². The van der Waals surface area contributed by atoms with Gasteiger partial charge in [-0.3, -0.25) is 9.59 Å². The van der Waals surface area contributed by atoms with Crippen LogP contribution in [-0.4, -0.2) is 27.2 Å². The molecule has 8 heteroatoms. The molecule has 3 N–H and O–H groups in total. The van der Waals surface area contributed by atoms with Gasteiger partial charge in [-0.25, -0.2) is 13.6 Å². The van der Waals surface area contributed by atoms with Crippen LogP contribution in [0.1, 0.15) is 12.5 Å². The molecule has 1 amide bonds. The summed E-state index contributed by atoms with van der Waals surface area (Å²) in [5, 5.41) is 7.58. The third kappa shape index (κ3) is 5.01. The molecule has 0 fully saturated rings. The Balaban J connectivity index is 2.23. The average Bonchev–Trinajstić information content (AvgIpc) is 2.59. The predicted octanol–water partition coefficient (Wildman–Crippen LogP) is 1.95. The zero-order chi connectivity index (χ0) is 19.3. The van der Waals surface area contributed by atoms with Gasteiger partial charge >= 0.3 is 0 Å². The number of hydrogen-bond donors (Lipinski definition) is 2. The molecule has 0 radical (unpaired) electrons. The molecule has 0 aliphatic heterocycles. The third-order valence-corrected chi connectivity index (χ3v) is 4.42. The number of Topliss-reactive ketones (excluding diaryl/α,β-unsaturated/α-hetero) is 1. The molecule has 0 heterocycles. The van der Waals surface area contributed by atoms with Gasteiger partial charge in [-0.2, -0.15) is 0 Å². The molecule has 0 unspecified atom stereocenters. The number of sulfonamides is 1. The lowest BCUT2D eigenvalue weighted by Crippen LogP contribution is -2.19. The number of nitrogens with two attached hydrogens (primary N) is 1. The van der Waals surface area contributed by atoms with Crippen molar-refractivity contribution in [3.63, 3.8) is 0 Å². The number of rotatable bonds is 6. The molecule has 0 aliphatic rings. The fourth-order valence-corrected chi connectivity index (χ4v) is 2.64. The second-order valence-corrected chi connectivity index (χ2v) is 6.97. The first kappa shape index (κ1) is 19.4. The van der Waals surface area contributed by atoms with Crippen LogP contribution in [0.5, 0.6) is 5.75 Å². The number of benzene rings is 2. The second-order valence-electron chi connectivity index (χ2n) is 5.41. The Morgan fingerprint density at radius 2 is 1.62 bits per heavy atom. The maximum absolute atomic E-state index is 12.4. The molecule has 0 aromatic heterocycles. The number of carbonyl (C=O) groups excluding carboxylic acids is 2. The number of methoxy groups -OCH3 is 1. The van der Waals surface area contributed by atoms with E-state index >= 15 is 0 Å². The summed E-state index contributed by atoms with van der Waals surface area (Å²) in [5.41, 5.74) is 0.964. The first-order valence-corrected chi connectivity index (χ1v) is 9.06. The van der Waals surface area contributed by atoms with Crippen LogP contribution in [0.15, 0.2) is 59.0 Å². The molecule has 2 aromatic carbocycles. The van der Waals surface area contributed by atoms with Crippen molar-refractivity contribution in [2.24, 2.45) is 5.14 Å². The van der Waals surface area contributed by atoms with E-state index < -0.39 is 21.7 Å². The van der Waals surface area contributed by atoms with E-state index in [0.29, 0.717) is 17.0 Å². The lowest BCUT2D eigenvalue weighted by Gasteiger charge is -2.08. The highest BCUT2D eigenvalue weighted by molar-refractivity contribution is 7.89. The van der Waals surface area contributed by atoms with E-state index in [1.807, 2.05) is 0 Å². The number of primary sulfonamides is 1. The van der Waals surface area contributed by atoms with Gasteiger partial charge in [-0.15, -0.1) is 0 Å². The molecule has 0 bridgehead atoms. The van der Waals surface area contributed by atoms with E-state index in [2.05, 4.69) is 5.32 Å². The first-order chi connectivity index (χ1) is 12.2. The molecule has 0 saturated carbocycles. The fraction of sp³-hybridized carbons (Fsp3) is 0.111. The number of amides is 1. The quantitative estimate of drug-likeness (QED) is 0.455. The molecule has 136 valence electrons. The van der Waals surface area contributed by atoms with Crippen LogP contribution in [0, 0.1) is 0 Å². The predicted molar refractivity (Wildman–Crippen MR) is 98.1 cm³/mol. The molecule has 2 rings (SSSR count).